The van der Waals surface area contributed by atoms with Crippen molar-refractivity contribution in [3.63, 3.8) is 0 Å². The first-order valence-corrected chi connectivity index (χ1v) is 6.93. The Labute approximate surface area is 118 Å². The third kappa shape index (κ3) is 3.73. The van der Waals surface area contributed by atoms with E-state index >= 15 is 0 Å². The van der Waals surface area contributed by atoms with E-state index in [0.29, 0.717) is 12.5 Å². The van der Waals surface area contributed by atoms with Crippen LogP contribution in [0.1, 0.15) is 42.1 Å². The van der Waals surface area contributed by atoms with E-state index in [1.165, 1.54) is 31.4 Å². The van der Waals surface area contributed by atoms with E-state index in [1.807, 2.05) is 6.92 Å². The molecule has 20 heavy (non-hydrogen) atoms. The molecule has 0 heterocycles. The lowest BCUT2D eigenvalue weighted by Gasteiger charge is -2.31. The van der Waals surface area contributed by atoms with Crippen LogP contribution < -0.4 is 10.6 Å². The van der Waals surface area contributed by atoms with Crippen molar-refractivity contribution in [2.45, 2.75) is 38.8 Å². The van der Waals surface area contributed by atoms with Gasteiger partial charge in [0.15, 0.2) is 0 Å². The largest absolute Gasteiger partial charge is 0.478 e. The number of benzene rings is 1. The Kier molecular flexibility index (Phi) is 4.61. The fraction of sp³-hybridized carbons (Fsp3) is 0.467. The van der Waals surface area contributed by atoms with E-state index in [9.17, 15) is 9.59 Å². The van der Waals surface area contributed by atoms with Gasteiger partial charge in [0.25, 0.3) is 0 Å². The average Bonchev–Trinajstić information content (AvgIpc) is 2.34. The number of carbonyl (C=O) groups excluding carboxylic acids is 1. The number of carboxylic acid groups (broad SMARTS) is 1. The molecule has 0 aliphatic heterocycles. The summed E-state index contributed by atoms with van der Waals surface area (Å²) in [5, 5.41) is 14.5. The molecule has 0 radical (unpaired) electrons. The summed E-state index contributed by atoms with van der Waals surface area (Å²) >= 11 is 0. The number of carboxylic acids is 1. The highest BCUT2D eigenvalue weighted by molar-refractivity contribution is 5.87. The van der Waals surface area contributed by atoms with E-state index in [0.717, 1.165) is 5.56 Å². The maximum Gasteiger partial charge on any atom is 0.335 e. The van der Waals surface area contributed by atoms with Crippen LogP contribution in [0.3, 0.4) is 0 Å². The molecule has 0 spiro atoms. The third-order valence-corrected chi connectivity index (χ3v) is 3.87. The number of hydrogen-bond donors (Lipinski definition) is 3. The summed E-state index contributed by atoms with van der Waals surface area (Å²) in [5.41, 5.74) is 1.12. The monoisotopic (exact) mass is 276 g/mol. The maximum atomic E-state index is 11.7. The van der Waals surface area contributed by atoms with Gasteiger partial charge in [0.05, 0.1) is 5.56 Å². The van der Waals surface area contributed by atoms with Crippen LogP contribution in [0, 0.1) is 5.92 Å². The predicted molar refractivity (Wildman–Crippen MR) is 75.6 cm³/mol. The van der Waals surface area contributed by atoms with Gasteiger partial charge in [0.1, 0.15) is 0 Å². The number of aromatic carboxylic acids is 1. The lowest BCUT2D eigenvalue weighted by atomic mass is 9.80. The van der Waals surface area contributed by atoms with Gasteiger partial charge in [-0.1, -0.05) is 18.6 Å². The second-order valence-electron chi connectivity index (χ2n) is 5.31. The van der Waals surface area contributed by atoms with E-state index < -0.39 is 5.97 Å². The molecular weight excluding hydrogens is 256 g/mol. The average molecular weight is 276 g/mol. The topological polar surface area (TPSA) is 78.4 Å². The molecule has 108 valence electrons. The maximum absolute atomic E-state index is 11.7. The van der Waals surface area contributed by atoms with Crippen LogP contribution in [0.4, 0.5) is 4.79 Å². The highest BCUT2D eigenvalue weighted by atomic mass is 16.4. The standard InChI is InChI=1S/C15H20N2O3/c1-10(12-3-2-4-12)17-15(20)16-9-11-5-7-13(8-6-11)14(18)19/h5-8,10,12H,2-4,9H2,1H3,(H,18,19)(H2,16,17,20). The van der Waals surface area contributed by atoms with Gasteiger partial charge in [-0.05, 0) is 43.4 Å². The van der Waals surface area contributed by atoms with Crippen LogP contribution in [0.15, 0.2) is 24.3 Å². The van der Waals surface area contributed by atoms with Gasteiger partial charge in [0, 0.05) is 12.6 Å². The van der Waals surface area contributed by atoms with Gasteiger partial charge in [-0.25, -0.2) is 9.59 Å². The minimum absolute atomic E-state index is 0.174. The molecule has 5 nitrogen and oxygen atoms in total. The number of carbonyl (C=O) groups is 2. The van der Waals surface area contributed by atoms with Gasteiger partial charge in [-0.3, -0.25) is 0 Å². The van der Waals surface area contributed by atoms with E-state index in [2.05, 4.69) is 10.6 Å². The number of hydrogen-bond acceptors (Lipinski definition) is 2. The van der Waals surface area contributed by atoms with Crippen molar-refractivity contribution in [2.75, 3.05) is 0 Å². The van der Waals surface area contributed by atoms with Crippen LogP contribution in [-0.4, -0.2) is 23.1 Å². The van der Waals surface area contributed by atoms with Gasteiger partial charge in [0.2, 0.25) is 0 Å². The Morgan fingerprint density at radius 3 is 2.45 bits per heavy atom. The second-order valence-corrected chi connectivity index (χ2v) is 5.31. The molecule has 2 rings (SSSR count). The second kappa shape index (κ2) is 6.41. The highest BCUT2D eigenvalue weighted by Gasteiger charge is 2.24. The smallest absolute Gasteiger partial charge is 0.335 e. The zero-order valence-corrected chi connectivity index (χ0v) is 11.6. The molecule has 1 aromatic rings. The van der Waals surface area contributed by atoms with E-state index in [-0.39, 0.29) is 17.6 Å². The molecule has 3 N–H and O–H groups in total. The zero-order valence-electron chi connectivity index (χ0n) is 11.6. The molecule has 0 bridgehead atoms. The SMILES string of the molecule is CC(NC(=O)NCc1ccc(C(=O)O)cc1)C1CCC1. The lowest BCUT2D eigenvalue weighted by molar-refractivity contribution is 0.0697. The summed E-state index contributed by atoms with van der Waals surface area (Å²) in [5.74, 6) is -0.341. The summed E-state index contributed by atoms with van der Waals surface area (Å²) in [6.45, 7) is 2.42. The normalized spacial score (nSPS) is 16.1. The van der Waals surface area contributed by atoms with Crippen molar-refractivity contribution in [3.05, 3.63) is 35.4 Å². The van der Waals surface area contributed by atoms with E-state index in [1.54, 1.807) is 12.1 Å². The summed E-state index contributed by atoms with van der Waals surface area (Å²) in [6, 6.07) is 6.52. The van der Waals surface area contributed by atoms with Gasteiger partial charge in [-0.15, -0.1) is 0 Å². The molecule has 1 aliphatic rings. The Morgan fingerprint density at radius 1 is 1.30 bits per heavy atom. The van der Waals surface area contributed by atoms with Crippen LogP contribution >= 0.6 is 0 Å². The molecule has 0 saturated heterocycles. The fourth-order valence-electron chi connectivity index (χ4n) is 2.26. The van der Waals surface area contributed by atoms with Gasteiger partial charge < -0.3 is 15.7 Å². The number of urea groups is 1. The third-order valence-electron chi connectivity index (χ3n) is 3.87. The van der Waals surface area contributed by atoms with Crippen LogP contribution in [0.5, 0.6) is 0 Å². The molecule has 1 aromatic carbocycles. The van der Waals surface area contributed by atoms with Crippen molar-refractivity contribution in [1.82, 2.24) is 10.6 Å². The summed E-state index contributed by atoms with van der Waals surface area (Å²) in [4.78, 5) is 22.4. The molecule has 5 heteroatoms. The lowest BCUT2D eigenvalue weighted by Crippen LogP contribution is -2.45. The summed E-state index contributed by atoms with van der Waals surface area (Å²) < 4.78 is 0. The first-order chi connectivity index (χ1) is 9.56. The van der Waals surface area contributed by atoms with Crippen LogP contribution in [0.2, 0.25) is 0 Å². The zero-order chi connectivity index (χ0) is 14.5. The number of amides is 2. The first-order valence-electron chi connectivity index (χ1n) is 6.93. The van der Waals surface area contributed by atoms with Crippen molar-refractivity contribution in [2.24, 2.45) is 5.92 Å². The Morgan fingerprint density at radius 2 is 1.95 bits per heavy atom. The molecule has 1 atom stereocenters. The van der Waals surface area contributed by atoms with Crippen molar-refractivity contribution >= 4 is 12.0 Å². The minimum Gasteiger partial charge on any atom is -0.478 e. The van der Waals surface area contributed by atoms with Crippen molar-refractivity contribution < 1.29 is 14.7 Å². The molecule has 2 amide bonds. The molecule has 1 fully saturated rings. The van der Waals surface area contributed by atoms with Crippen LogP contribution in [-0.2, 0) is 6.54 Å². The summed E-state index contributed by atoms with van der Waals surface area (Å²) in [6.07, 6.45) is 3.64. The van der Waals surface area contributed by atoms with Gasteiger partial charge >= 0.3 is 12.0 Å². The Bertz CT molecular complexity index is 480. The van der Waals surface area contributed by atoms with Gasteiger partial charge in [-0.2, -0.15) is 0 Å². The Hall–Kier alpha value is -2.04. The fourth-order valence-corrected chi connectivity index (χ4v) is 2.26. The molecule has 1 unspecified atom stereocenters. The van der Waals surface area contributed by atoms with Crippen molar-refractivity contribution in [1.29, 1.82) is 0 Å². The molecule has 1 aliphatic carbocycles. The predicted octanol–water partition coefficient (Wildman–Crippen LogP) is 2.37. The molecular formula is C15H20N2O3. The van der Waals surface area contributed by atoms with E-state index in [4.69, 9.17) is 5.11 Å². The highest BCUT2D eigenvalue weighted by Crippen LogP contribution is 2.29. The summed E-state index contributed by atoms with van der Waals surface area (Å²) in [7, 11) is 0. The van der Waals surface area contributed by atoms with Crippen LogP contribution in [0.25, 0.3) is 0 Å². The Balaban J connectivity index is 1.76. The van der Waals surface area contributed by atoms with Crippen molar-refractivity contribution in [3.8, 4) is 0 Å². The quantitative estimate of drug-likeness (QED) is 0.772. The number of rotatable bonds is 5. The first kappa shape index (κ1) is 14.4. The molecule has 0 aromatic heterocycles. The minimum atomic E-state index is -0.948. The number of nitrogens with one attached hydrogen (secondary N) is 2. The molecule has 1 saturated carbocycles.